The van der Waals surface area contributed by atoms with Crippen LogP contribution in [-0.4, -0.2) is 84.4 Å². The first-order valence-corrected chi connectivity index (χ1v) is 13.6. The average molecular weight is 510 g/mol. The molecular formula is C28H39N5O4. The molecule has 37 heavy (non-hydrogen) atoms. The van der Waals surface area contributed by atoms with Gasteiger partial charge in [0.15, 0.2) is 0 Å². The van der Waals surface area contributed by atoms with E-state index in [1.807, 2.05) is 35.4 Å². The van der Waals surface area contributed by atoms with Crippen LogP contribution in [0.15, 0.2) is 30.5 Å². The maximum absolute atomic E-state index is 12.2. The molecule has 9 nitrogen and oxygen atoms in total. The lowest BCUT2D eigenvalue weighted by atomic mass is 9.87. The summed E-state index contributed by atoms with van der Waals surface area (Å²) in [5, 5.41) is 3.53. The number of benzene rings is 1. The summed E-state index contributed by atoms with van der Waals surface area (Å²) >= 11 is 0. The summed E-state index contributed by atoms with van der Waals surface area (Å²) in [4.78, 5) is 25.1. The standard InChI is InChI=1S/C28H39N5O4/c1-19-4-8-21(9-5-19)30-27-29-16-25(26(31-27)37-24-13-15-35-18-24)20-6-10-22(11-7-20)36-23-12-14-33(17-23)28(34)32(2)3/h6-7,10-11,16,19,21,23-24H,4-5,8-9,12-15,17-18H2,1-3H3,(H,29,30,31). The second-order valence-corrected chi connectivity index (χ2v) is 10.8. The molecular weight excluding hydrogens is 470 g/mol. The second-order valence-electron chi connectivity index (χ2n) is 10.8. The van der Waals surface area contributed by atoms with Gasteiger partial charge in [0.25, 0.3) is 0 Å². The first-order valence-electron chi connectivity index (χ1n) is 13.6. The van der Waals surface area contributed by atoms with Crippen molar-refractivity contribution in [3.63, 3.8) is 0 Å². The predicted octanol–water partition coefficient (Wildman–Crippen LogP) is 4.44. The lowest BCUT2D eigenvalue weighted by Crippen LogP contribution is -2.38. The zero-order chi connectivity index (χ0) is 25.8. The monoisotopic (exact) mass is 509 g/mol. The number of ether oxygens (including phenoxy) is 3. The highest BCUT2D eigenvalue weighted by molar-refractivity contribution is 5.74. The highest BCUT2D eigenvalue weighted by atomic mass is 16.5. The van der Waals surface area contributed by atoms with Crippen molar-refractivity contribution < 1.29 is 19.0 Å². The Hall–Kier alpha value is -3.07. The van der Waals surface area contributed by atoms with Crippen molar-refractivity contribution in [2.45, 2.75) is 63.7 Å². The van der Waals surface area contributed by atoms with Crippen LogP contribution in [0.4, 0.5) is 10.7 Å². The van der Waals surface area contributed by atoms with Crippen molar-refractivity contribution in [3.05, 3.63) is 30.5 Å². The normalized spacial score (nSPS) is 25.6. The number of nitrogens with zero attached hydrogens (tertiary/aromatic N) is 4. The fraction of sp³-hybridized carbons (Fsp3) is 0.607. The largest absolute Gasteiger partial charge is 0.489 e. The van der Waals surface area contributed by atoms with Crippen LogP contribution < -0.4 is 14.8 Å². The van der Waals surface area contributed by atoms with Crippen LogP contribution >= 0.6 is 0 Å². The molecule has 1 aliphatic carbocycles. The van der Waals surface area contributed by atoms with Crippen LogP contribution in [0, 0.1) is 5.92 Å². The number of amides is 2. The molecule has 0 bridgehead atoms. The second kappa shape index (κ2) is 11.5. The Balaban J connectivity index is 1.28. The topological polar surface area (TPSA) is 89.1 Å². The zero-order valence-corrected chi connectivity index (χ0v) is 22.2. The molecule has 3 heterocycles. The van der Waals surface area contributed by atoms with E-state index >= 15 is 0 Å². The molecule has 0 spiro atoms. The number of hydrogen-bond acceptors (Lipinski definition) is 7. The fourth-order valence-corrected chi connectivity index (χ4v) is 5.26. The Kier molecular flexibility index (Phi) is 7.98. The number of anilines is 1. The average Bonchev–Trinajstić information content (AvgIpc) is 3.58. The zero-order valence-electron chi connectivity index (χ0n) is 22.2. The van der Waals surface area contributed by atoms with Gasteiger partial charge in [0.2, 0.25) is 11.8 Å². The van der Waals surface area contributed by atoms with Gasteiger partial charge in [-0.2, -0.15) is 4.98 Å². The molecule has 2 saturated heterocycles. The summed E-state index contributed by atoms with van der Waals surface area (Å²) in [6.45, 7) is 4.92. The summed E-state index contributed by atoms with van der Waals surface area (Å²) in [5.74, 6) is 2.78. The number of aromatic nitrogens is 2. The van der Waals surface area contributed by atoms with Crippen LogP contribution in [0.5, 0.6) is 11.6 Å². The number of carbonyl (C=O) groups excluding carboxylic acids is 1. The molecule has 9 heteroatoms. The molecule has 2 unspecified atom stereocenters. The van der Waals surface area contributed by atoms with Gasteiger partial charge in [-0.3, -0.25) is 0 Å². The van der Waals surface area contributed by atoms with E-state index in [1.54, 1.807) is 19.0 Å². The minimum Gasteiger partial charge on any atom is -0.489 e. The Labute approximate surface area is 219 Å². The van der Waals surface area contributed by atoms with Gasteiger partial charge in [0, 0.05) is 45.7 Å². The third kappa shape index (κ3) is 6.44. The lowest BCUT2D eigenvalue weighted by molar-refractivity contribution is 0.138. The molecule has 1 aromatic heterocycles. The van der Waals surface area contributed by atoms with Crippen molar-refractivity contribution in [2.24, 2.45) is 5.92 Å². The van der Waals surface area contributed by atoms with Gasteiger partial charge in [-0.05, 0) is 49.3 Å². The van der Waals surface area contributed by atoms with Gasteiger partial charge < -0.3 is 29.3 Å². The van der Waals surface area contributed by atoms with Gasteiger partial charge in [-0.1, -0.05) is 19.1 Å². The van der Waals surface area contributed by atoms with E-state index in [9.17, 15) is 4.79 Å². The van der Waals surface area contributed by atoms with Crippen molar-refractivity contribution in [2.75, 3.05) is 45.7 Å². The Morgan fingerprint density at radius 2 is 1.84 bits per heavy atom. The van der Waals surface area contributed by atoms with E-state index in [1.165, 1.54) is 12.8 Å². The van der Waals surface area contributed by atoms with Gasteiger partial charge in [-0.15, -0.1) is 0 Å². The summed E-state index contributed by atoms with van der Waals surface area (Å²) in [7, 11) is 3.55. The third-order valence-electron chi connectivity index (χ3n) is 7.54. The van der Waals surface area contributed by atoms with Crippen LogP contribution in [-0.2, 0) is 4.74 Å². The highest BCUT2D eigenvalue weighted by Gasteiger charge is 2.28. The van der Waals surface area contributed by atoms with Crippen LogP contribution in [0.3, 0.4) is 0 Å². The highest BCUT2D eigenvalue weighted by Crippen LogP contribution is 2.33. The molecule has 2 amide bonds. The summed E-state index contributed by atoms with van der Waals surface area (Å²) in [6.07, 6.45) is 8.27. The predicted molar refractivity (Wildman–Crippen MR) is 142 cm³/mol. The van der Waals surface area contributed by atoms with E-state index in [2.05, 4.69) is 17.2 Å². The van der Waals surface area contributed by atoms with E-state index in [0.29, 0.717) is 44.2 Å². The number of likely N-dealkylation sites (tertiary alicyclic amines) is 1. The van der Waals surface area contributed by atoms with E-state index in [-0.39, 0.29) is 18.2 Å². The number of hydrogen-bond donors (Lipinski definition) is 1. The van der Waals surface area contributed by atoms with Gasteiger partial charge in [0.1, 0.15) is 18.0 Å². The molecule has 1 saturated carbocycles. The first-order chi connectivity index (χ1) is 17.9. The molecule has 2 atom stereocenters. The quantitative estimate of drug-likeness (QED) is 0.590. The smallest absolute Gasteiger partial charge is 0.319 e. The number of nitrogens with one attached hydrogen (secondary N) is 1. The summed E-state index contributed by atoms with van der Waals surface area (Å²) in [6, 6.07) is 8.38. The van der Waals surface area contributed by atoms with E-state index < -0.39 is 0 Å². The van der Waals surface area contributed by atoms with Gasteiger partial charge in [0.05, 0.1) is 25.3 Å². The van der Waals surface area contributed by atoms with Crippen molar-refractivity contribution in [1.29, 1.82) is 0 Å². The van der Waals surface area contributed by atoms with Gasteiger partial charge in [-0.25, -0.2) is 9.78 Å². The SMILES string of the molecule is CC1CCC(Nc2ncc(-c3ccc(OC4CCN(C(=O)N(C)C)C4)cc3)c(OC3CCOC3)n2)CC1. The van der Waals surface area contributed by atoms with E-state index in [4.69, 9.17) is 19.2 Å². The summed E-state index contributed by atoms with van der Waals surface area (Å²) in [5.41, 5.74) is 1.82. The number of rotatable bonds is 7. The molecule has 3 fully saturated rings. The van der Waals surface area contributed by atoms with Crippen molar-refractivity contribution in [3.8, 4) is 22.8 Å². The summed E-state index contributed by atoms with van der Waals surface area (Å²) < 4.78 is 18.0. The molecule has 3 aliphatic rings. The first kappa shape index (κ1) is 25.6. The van der Waals surface area contributed by atoms with Gasteiger partial charge >= 0.3 is 6.03 Å². The van der Waals surface area contributed by atoms with Crippen LogP contribution in [0.25, 0.3) is 11.1 Å². The van der Waals surface area contributed by atoms with Crippen molar-refractivity contribution in [1.82, 2.24) is 19.8 Å². The molecule has 2 aliphatic heterocycles. The maximum Gasteiger partial charge on any atom is 0.319 e. The number of urea groups is 1. The third-order valence-corrected chi connectivity index (χ3v) is 7.54. The number of carbonyl (C=O) groups is 1. The van der Waals surface area contributed by atoms with Crippen molar-refractivity contribution >= 4 is 12.0 Å². The maximum atomic E-state index is 12.2. The molecule has 200 valence electrons. The minimum absolute atomic E-state index is 0.00479. The van der Waals surface area contributed by atoms with Crippen LogP contribution in [0.2, 0.25) is 0 Å². The Bertz CT molecular complexity index is 1050. The fourth-order valence-electron chi connectivity index (χ4n) is 5.26. The Morgan fingerprint density at radius 3 is 2.54 bits per heavy atom. The lowest BCUT2D eigenvalue weighted by Gasteiger charge is -2.27. The van der Waals surface area contributed by atoms with Crippen LogP contribution in [0.1, 0.15) is 45.4 Å². The molecule has 1 N–H and O–H groups in total. The molecule has 0 radical (unpaired) electrons. The van der Waals surface area contributed by atoms with E-state index in [0.717, 1.165) is 48.5 Å². The Morgan fingerprint density at radius 1 is 1.05 bits per heavy atom. The molecule has 5 rings (SSSR count). The minimum atomic E-state index is -0.00697. The molecule has 2 aromatic rings. The molecule has 1 aromatic carbocycles.